The van der Waals surface area contributed by atoms with Gasteiger partial charge in [-0.05, 0) is 49.2 Å². The summed E-state index contributed by atoms with van der Waals surface area (Å²) in [5, 5.41) is 8.25. The number of halogens is 1. The fraction of sp³-hybridized carbons (Fsp3) is 0.250. The van der Waals surface area contributed by atoms with Crippen LogP contribution in [0.15, 0.2) is 63.9 Å². The Morgan fingerprint density at radius 1 is 1.13 bits per heavy atom. The summed E-state index contributed by atoms with van der Waals surface area (Å²) in [5.41, 5.74) is 0.749. The quantitative estimate of drug-likeness (QED) is 0.534. The highest BCUT2D eigenvalue weighted by Crippen LogP contribution is 2.28. The molecule has 10 heteroatoms. The van der Waals surface area contributed by atoms with Crippen molar-refractivity contribution in [1.82, 2.24) is 14.5 Å². The van der Waals surface area contributed by atoms with Gasteiger partial charge in [-0.3, -0.25) is 4.79 Å². The number of carbonyl (C=O) groups is 1. The van der Waals surface area contributed by atoms with E-state index in [9.17, 15) is 13.2 Å². The second kappa shape index (κ2) is 8.55. The van der Waals surface area contributed by atoms with Crippen molar-refractivity contribution < 1.29 is 22.4 Å². The van der Waals surface area contributed by atoms with Crippen LogP contribution in [0.25, 0.3) is 11.5 Å². The molecule has 0 saturated carbocycles. The Labute approximate surface area is 178 Å². The minimum Gasteiger partial charge on any atom is -0.454 e. The van der Waals surface area contributed by atoms with Gasteiger partial charge in [-0.25, -0.2) is 8.42 Å². The maximum absolute atomic E-state index is 12.9. The van der Waals surface area contributed by atoms with E-state index in [-0.39, 0.29) is 23.9 Å². The van der Waals surface area contributed by atoms with Crippen LogP contribution in [0.1, 0.15) is 18.7 Å². The lowest BCUT2D eigenvalue weighted by atomic mass is 10.2. The summed E-state index contributed by atoms with van der Waals surface area (Å²) in [4.78, 5) is 12.7. The first-order chi connectivity index (χ1) is 14.4. The molecule has 1 aliphatic heterocycles. The van der Waals surface area contributed by atoms with Crippen molar-refractivity contribution in [2.45, 2.75) is 30.4 Å². The number of esters is 1. The van der Waals surface area contributed by atoms with Crippen molar-refractivity contribution in [3.05, 3.63) is 65.5 Å². The fourth-order valence-electron chi connectivity index (χ4n) is 3.24. The van der Waals surface area contributed by atoms with E-state index in [4.69, 9.17) is 20.8 Å². The van der Waals surface area contributed by atoms with E-state index in [1.54, 1.807) is 0 Å². The van der Waals surface area contributed by atoms with Crippen molar-refractivity contribution in [3.63, 3.8) is 0 Å². The Bertz CT molecular complexity index is 1130. The lowest BCUT2D eigenvalue weighted by Gasteiger charge is -2.22. The van der Waals surface area contributed by atoms with Gasteiger partial charge in [0.2, 0.25) is 15.9 Å². The van der Waals surface area contributed by atoms with Crippen molar-refractivity contribution in [2.24, 2.45) is 0 Å². The van der Waals surface area contributed by atoms with Crippen molar-refractivity contribution in [3.8, 4) is 11.5 Å². The van der Waals surface area contributed by atoms with Crippen LogP contribution >= 0.6 is 11.6 Å². The number of hydrogen-bond acceptors (Lipinski definition) is 7. The zero-order valence-electron chi connectivity index (χ0n) is 15.8. The van der Waals surface area contributed by atoms with Gasteiger partial charge < -0.3 is 9.15 Å². The van der Waals surface area contributed by atoms with Crippen LogP contribution < -0.4 is 0 Å². The molecule has 1 fully saturated rings. The first kappa shape index (κ1) is 20.5. The van der Waals surface area contributed by atoms with Crippen LogP contribution in [-0.4, -0.2) is 41.5 Å². The Morgan fingerprint density at radius 3 is 2.60 bits per heavy atom. The molecule has 156 valence electrons. The molecular formula is C20H18ClN3O5S. The average Bonchev–Trinajstić information content (AvgIpc) is 3.43. The molecule has 1 saturated heterocycles. The summed E-state index contributed by atoms with van der Waals surface area (Å²) in [5.74, 6) is -0.203. The molecule has 3 aromatic rings. The molecule has 8 nitrogen and oxygen atoms in total. The highest BCUT2D eigenvalue weighted by atomic mass is 35.5. The Hall–Kier alpha value is -2.75. The highest BCUT2D eigenvalue weighted by molar-refractivity contribution is 7.89. The topological polar surface area (TPSA) is 103 Å². The second-order valence-corrected chi connectivity index (χ2v) is 9.03. The monoisotopic (exact) mass is 447 g/mol. The molecule has 4 rings (SSSR count). The summed E-state index contributed by atoms with van der Waals surface area (Å²) >= 11 is 5.84. The third-order valence-electron chi connectivity index (χ3n) is 4.72. The van der Waals surface area contributed by atoms with Crippen LogP contribution in [0.5, 0.6) is 0 Å². The predicted octanol–water partition coefficient (Wildman–Crippen LogP) is 3.29. The molecule has 0 N–H and O–H groups in total. The first-order valence-corrected chi connectivity index (χ1v) is 11.1. The number of aromatic nitrogens is 2. The van der Waals surface area contributed by atoms with Gasteiger partial charge >= 0.3 is 5.97 Å². The van der Waals surface area contributed by atoms with E-state index in [2.05, 4.69) is 10.2 Å². The smallest absolute Gasteiger partial charge is 0.324 e. The zero-order chi connectivity index (χ0) is 21.1. The van der Waals surface area contributed by atoms with Gasteiger partial charge in [0.25, 0.3) is 5.89 Å². The van der Waals surface area contributed by atoms with Gasteiger partial charge in [-0.15, -0.1) is 10.2 Å². The number of nitrogens with zero attached hydrogens (tertiary/aromatic N) is 3. The van der Waals surface area contributed by atoms with Crippen molar-refractivity contribution in [1.29, 1.82) is 0 Å². The summed E-state index contributed by atoms with van der Waals surface area (Å²) in [6.45, 7) is 0.00738. The van der Waals surface area contributed by atoms with Crippen LogP contribution in [0.2, 0.25) is 5.02 Å². The Morgan fingerprint density at radius 2 is 1.87 bits per heavy atom. The third-order valence-corrected chi connectivity index (χ3v) is 6.90. The van der Waals surface area contributed by atoms with Gasteiger partial charge in [0.05, 0.1) is 4.90 Å². The SMILES string of the molecule is O=C(OCc1nnc(-c2ccccc2)o1)C1CCCN1S(=O)(=O)c1ccc(Cl)cc1. The molecular weight excluding hydrogens is 430 g/mol. The molecule has 0 bridgehead atoms. The first-order valence-electron chi connectivity index (χ1n) is 9.27. The van der Waals surface area contributed by atoms with E-state index in [0.717, 1.165) is 5.56 Å². The molecule has 1 aromatic heterocycles. The van der Waals surface area contributed by atoms with Gasteiger partial charge in [-0.2, -0.15) is 4.31 Å². The van der Waals surface area contributed by atoms with Crippen molar-refractivity contribution >= 4 is 27.6 Å². The normalized spacial score (nSPS) is 17.2. The number of sulfonamides is 1. The predicted molar refractivity (Wildman–Crippen MR) is 108 cm³/mol. The summed E-state index contributed by atoms with van der Waals surface area (Å²) in [7, 11) is -3.84. The van der Waals surface area contributed by atoms with Crippen LogP contribution in [0, 0.1) is 0 Å². The maximum Gasteiger partial charge on any atom is 0.324 e. The Kier molecular flexibility index (Phi) is 5.85. The number of benzene rings is 2. The number of rotatable bonds is 6. The molecule has 0 aliphatic carbocycles. The van der Waals surface area contributed by atoms with Gasteiger partial charge in [0.1, 0.15) is 6.04 Å². The minimum absolute atomic E-state index is 0.0796. The van der Waals surface area contributed by atoms with Crippen LogP contribution in [0.3, 0.4) is 0 Å². The Balaban J connectivity index is 1.43. The minimum atomic E-state index is -3.84. The summed E-state index contributed by atoms with van der Waals surface area (Å²) in [6.07, 6.45) is 0.941. The largest absolute Gasteiger partial charge is 0.454 e. The maximum atomic E-state index is 12.9. The highest BCUT2D eigenvalue weighted by Gasteiger charge is 2.40. The third kappa shape index (κ3) is 4.23. The van der Waals surface area contributed by atoms with Gasteiger partial charge in [0.15, 0.2) is 6.61 Å². The fourth-order valence-corrected chi connectivity index (χ4v) is 5.02. The molecule has 2 heterocycles. The van der Waals surface area contributed by atoms with E-state index >= 15 is 0 Å². The van der Waals surface area contributed by atoms with E-state index in [1.165, 1.54) is 28.6 Å². The van der Waals surface area contributed by atoms with Gasteiger partial charge in [0, 0.05) is 17.1 Å². The molecule has 0 radical (unpaired) electrons. The molecule has 2 aromatic carbocycles. The lowest BCUT2D eigenvalue weighted by molar-refractivity contribution is -0.149. The average molecular weight is 448 g/mol. The molecule has 1 atom stereocenters. The van der Waals surface area contributed by atoms with Gasteiger partial charge in [-0.1, -0.05) is 29.8 Å². The van der Waals surface area contributed by atoms with E-state index in [0.29, 0.717) is 23.8 Å². The molecule has 1 aliphatic rings. The van der Waals surface area contributed by atoms with E-state index < -0.39 is 22.0 Å². The number of carbonyl (C=O) groups excluding carboxylic acids is 1. The second-order valence-electron chi connectivity index (χ2n) is 6.70. The van der Waals surface area contributed by atoms with Crippen LogP contribution in [-0.2, 0) is 26.2 Å². The lowest BCUT2D eigenvalue weighted by Crippen LogP contribution is -2.41. The molecule has 30 heavy (non-hydrogen) atoms. The van der Waals surface area contributed by atoms with Crippen LogP contribution in [0.4, 0.5) is 0 Å². The molecule has 0 amide bonds. The number of hydrogen-bond donors (Lipinski definition) is 0. The standard InChI is InChI=1S/C20H18ClN3O5S/c21-15-8-10-16(11-9-15)30(26,27)24-12-4-7-17(24)20(25)28-13-18-22-23-19(29-18)14-5-2-1-3-6-14/h1-3,5-6,8-11,17H,4,7,12-13H2. The summed E-state index contributed by atoms with van der Waals surface area (Å²) < 4.78 is 37.8. The summed E-state index contributed by atoms with van der Waals surface area (Å²) in [6, 6.07) is 14.1. The molecule has 0 spiro atoms. The zero-order valence-corrected chi connectivity index (χ0v) is 17.3. The number of ether oxygens (including phenoxy) is 1. The van der Waals surface area contributed by atoms with Crippen molar-refractivity contribution in [2.75, 3.05) is 6.54 Å². The molecule has 1 unspecified atom stereocenters. The van der Waals surface area contributed by atoms with E-state index in [1.807, 2.05) is 30.3 Å².